The molecule has 0 saturated heterocycles. The van der Waals surface area contributed by atoms with Gasteiger partial charge < -0.3 is 15.2 Å². The summed E-state index contributed by atoms with van der Waals surface area (Å²) in [7, 11) is 1.59. The minimum Gasteiger partial charge on any atom is -0.497 e. The summed E-state index contributed by atoms with van der Waals surface area (Å²) in [4.78, 5) is 22.2. The first-order valence-corrected chi connectivity index (χ1v) is 5.75. The van der Waals surface area contributed by atoms with Crippen molar-refractivity contribution in [3.63, 3.8) is 0 Å². The van der Waals surface area contributed by atoms with Gasteiger partial charge in [0.2, 0.25) is 5.91 Å². The Bertz CT molecular complexity index is 455. The van der Waals surface area contributed by atoms with Gasteiger partial charge in [0, 0.05) is 6.54 Å². The molecule has 1 saturated carbocycles. The lowest BCUT2D eigenvalue weighted by Gasteiger charge is -2.05. The van der Waals surface area contributed by atoms with Gasteiger partial charge >= 0.3 is 5.97 Å². The highest BCUT2D eigenvalue weighted by atomic mass is 16.5. The van der Waals surface area contributed by atoms with Crippen LogP contribution in [0.25, 0.3) is 0 Å². The molecule has 2 rings (SSSR count). The summed E-state index contributed by atoms with van der Waals surface area (Å²) >= 11 is 0. The van der Waals surface area contributed by atoms with Crippen molar-refractivity contribution in [1.82, 2.24) is 5.32 Å². The molecule has 18 heavy (non-hydrogen) atoms. The van der Waals surface area contributed by atoms with Crippen LogP contribution < -0.4 is 10.1 Å². The quantitative estimate of drug-likeness (QED) is 0.817. The molecule has 0 radical (unpaired) electrons. The Labute approximate surface area is 105 Å². The number of carbonyl (C=O) groups excluding carboxylic acids is 1. The number of hydrogen-bond donors (Lipinski definition) is 2. The maximum Gasteiger partial charge on any atom is 0.307 e. The van der Waals surface area contributed by atoms with E-state index in [1.165, 1.54) is 0 Å². The molecule has 1 aromatic rings. The van der Waals surface area contributed by atoms with Crippen LogP contribution in [0, 0.1) is 11.8 Å². The van der Waals surface area contributed by atoms with Gasteiger partial charge in [-0.05, 0) is 24.1 Å². The lowest BCUT2D eigenvalue weighted by Crippen LogP contribution is -2.25. The van der Waals surface area contributed by atoms with E-state index in [1.807, 2.05) is 24.3 Å². The molecule has 2 unspecified atom stereocenters. The molecule has 1 aliphatic carbocycles. The Kier molecular flexibility index (Phi) is 3.50. The molecule has 2 N–H and O–H groups in total. The molecule has 0 heterocycles. The van der Waals surface area contributed by atoms with E-state index in [-0.39, 0.29) is 11.8 Å². The molecule has 0 aromatic heterocycles. The van der Waals surface area contributed by atoms with Crippen LogP contribution in [-0.4, -0.2) is 24.1 Å². The maximum atomic E-state index is 11.6. The fourth-order valence-electron chi connectivity index (χ4n) is 1.82. The summed E-state index contributed by atoms with van der Waals surface area (Å²) in [5.74, 6) is -1.17. The summed E-state index contributed by atoms with van der Waals surface area (Å²) in [6.45, 7) is 0.408. The van der Waals surface area contributed by atoms with Crippen molar-refractivity contribution in [2.45, 2.75) is 13.0 Å². The van der Waals surface area contributed by atoms with Crippen LogP contribution in [0.3, 0.4) is 0 Å². The number of hydrogen-bond acceptors (Lipinski definition) is 3. The number of nitrogens with one attached hydrogen (secondary N) is 1. The number of aliphatic carboxylic acids is 1. The summed E-state index contributed by atoms with van der Waals surface area (Å²) in [5.41, 5.74) is 0.955. The minimum absolute atomic E-state index is 0.182. The van der Waals surface area contributed by atoms with Crippen molar-refractivity contribution >= 4 is 11.9 Å². The zero-order valence-corrected chi connectivity index (χ0v) is 10.1. The van der Waals surface area contributed by atoms with Crippen molar-refractivity contribution in [3.8, 4) is 5.75 Å². The van der Waals surface area contributed by atoms with Crippen LogP contribution in [0.4, 0.5) is 0 Å². The predicted molar refractivity (Wildman–Crippen MR) is 64.1 cm³/mol. The molecular weight excluding hydrogens is 234 g/mol. The number of rotatable bonds is 5. The van der Waals surface area contributed by atoms with Crippen molar-refractivity contribution in [3.05, 3.63) is 29.8 Å². The molecule has 1 fully saturated rings. The van der Waals surface area contributed by atoms with Crippen molar-refractivity contribution < 1.29 is 19.4 Å². The van der Waals surface area contributed by atoms with Crippen LogP contribution in [0.5, 0.6) is 5.75 Å². The number of methoxy groups -OCH3 is 1. The zero-order chi connectivity index (χ0) is 13.1. The fraction of sp³-hybridized carbons (Fsp3) is 0.385. The van der Waals surface area contributed by atoms with E-state index in [0.29, 0.717) is 13.0 Å². The third-order valence-electron chi connectivity index (χ3n) is 3.07. The van der Waals surface area contributed by atoms with Gasteiger partial charge in [-0.15, -0.1) is 0 Å². The molecule has 0 aliphatic heterocycles. The number of benzene rings is 1. The van der Waals surface area contributed by atoms with Crippen LogP contribution >= 0.6 is 0 Å². The Balaban J connectivity index is 1.81. The Morgan fingerprint density at radius 3 is 2.50 bits per heavy atom. The molecule has 0 spiro atoms. The third-order valence-corrected chi connectivity index (χ3v) is 3.07. The predicted octanol–water partition coefficient (Wildman–Crippen LogP) is 1.03. The number of ether oxygens (including phenoxy) is 1. The number of amides is 1. The Morgan fingerprint density at radius 2 is 2.00 bits per heavy atom. The number of carboxylic acids is 1. The third kappa shape index (κ3) is 2.80. The zero-order valence-electron chi connectivity index (χ0n) is 10.1. The smallest absolute Gasteiger partial charge is 0.307 e. The summed E-state index contributed by atoms with van der Waals surface area (Å²) in [6.07, 6.45) is 0.448. The van der Waals surface area contributed by atoms with Crippen LogP contribution in [0.1, 0.15) is 12.0 Å². The van der Waals surface area contributed by atoms with Gasteiger partial charge in [0.05, 0.1) is 18.9 Å². The monoisotopic (exact) mass is 249 g/mol. The maximum absolute atomic E-state index is 11.6. The topological polar surface area (TPSA) is 75.6 Å². The molecule has 2 atom stereocenters. The van der Waals surface area contributed by atoms with Crippen molar-refractivity contribution in [2.75, 3.05) is 7.11 Å². The highest BCUT2D eigenvalue weighted by molar-refractivity contribution is 5.89. The molecule has 5 heteroatoms. The molecule has 1 aromatic carbocycles. The average Bonchev–Trinajstić information content (AvgIpc) is 3.17. The molecular formula is C13H15NO4. The highest BCUT2D eigenvalue weighted by Crippen LogP contribution is 2.38. The summed E-state index contributed by atoms with van der Waals surface area (Å²) < 4.78 is 5.03. The van der Waals surface area contributed by atoms with Crippen LogP contribution in [0.2, 0.25) is 0 Å². The highest BCUT2D eigenvalue weighted by Gasteiger charge is 2.48. The Morgan fingerprint density at radius 1 is 1.33 bits per heavy atom. The standard InChI is InChI=1S/C13H15NO4/c1-18-9-4-2-8(3-5-9)7-14-12(15)10-6-11(10)13(16)17/h2-5,10-11H,6-7H2,1H3,(H,14,15)(H,16,17). The lowest BCUT2D eigenvalue weighted by atomic mass is 10.2. The molecule has 96 valence electrons. The Hall–Kier alpha value is -2.04. The van der Waals surface area contributed by atoms with E-state index in [4.69, 9.17) is 9.84 Å². The van der Waals surface area contributed by atoms with Gasteiger partial charge in [-0.1, -0.05) is 12.1 Å². The van der Waals surface area contributed by atoms with E-state index in [1.54, 1.807) is 7.11 Å². The van der Waals surface area contributed by atoms with Crippen LogP contribution in [-0.2, 0) is 16.1 Å². The minimum atomic E-state index is -0.889. The van der Waals surface area contributed by atoms with Gasteiger partial charge in [-0.2, -0.15) is 0 Å². The van der Waals surface area contributed by atoms with E-state index < -0.39 is 11.9 Å². The summed E-state index contributed by atoms with van der Waals surface area (Å²) in [5, 5.41) is 11.5. The second kappa shape index (κ2) is 5.08. The molecule has 1 aliphatic rings. The first kappa shape index (κ1) is 12.4. The second-order valence-corrected chi connectivity index (χ2v) is 4.35. The SMILES string of the molecule is COc1ccc(CNC(=O)C2CC2C(=O)O)cc1. The molecule has 0 bridgehead atoms. The van der Waals surface area contributed by atoms with Crippen molar-refractivity contribution in [2.24, 2.45) is 11.8 Å². The normalized spacial score (nSPS) is 21.2. The molecule has 1 amide bonds. The van der Waals surface area contributed by atoms with Crippen LogP contribution in [0.15, 0.2) is 24.3 Å². The lowest BCUT2D eigenvalue weighted by molar-refractivity contribution is -0.140. The average molecular weight is 249 g/mol. The number of carboxylic acid groups (broad SMARTS) is 1. The van der Waals surface area contributed by atoms with E-state index in [2.05, 4.69) is 5.32 Å². The largest absolute Gasteiger partial charge is 0.497 e. The summed E-state index contributed by atoms with van der Waals surface area (Å²) in [6, 6.07) is 7.36. The fourth-order valence-corrected chi connectivity index (χ4v) is 1.82. The number of carbonyl (C=O) groups is 2. The van der Waals surface area contributed by atoms with E-state index >= 15 is 0 Å². The van der Waals surface area contributed by atoms with Gasteiger partial charge in [-0.3, -0.25) is 9.59 Å². The first-order chi connectivity index (χ1) is 8.61. The van der Waals surface area contributed by atoms with Gasteiger partial charge in [0.15, 0.2) is 0 Å². The van der Waals surface area contributed by atoms with E-state index in [0.717, 1.165) is 11.3 Å². The van der Waals surface area contributed by atoms with Gasteiger partial charge in [-0.25, -0.2) is 0 Å². The van der Waals surface area contributed by atoms with Gasteiger partial charge in [0.25, 0.3) is 0 Å². The van der Waals surface area contributed by atoms with E-state index in [9.17, 15) is 9.59 Å². The second-order valence-electron chi connectivity index (χ2n) is 4.35. The van der Waals surface area contributed by atoms with Gasteiger partial charge in [0.1, 0.15) is 5.75 Å². The molecule has 5 nitrogen and oxygen atoms in total. The van der Waals surface area contributed by atoms with Crippen molar-refractivity contribution in [1.29, 1.82) is 0 Å². The first-order valence-electron chi connectivity index (χ1n) is 5.75.